The highest BCUT2D eigenvalue weighted by molar-refractivity contribution is 7.10. The van der Waals surface area contributed by atoms with Gasteiger partial charge in [0.15, 0.2) is 0 Å². The Morgan fingerprint density at radius 1 is 0.711 bits per heavy atom. The summed E-state index contributed by atoms with van der Waals surface area (Å²) >= 11 is 1.76. The van der Waals surface area contributed by atoms with Crippen molar-refractivity contribution in [3.8, 4) is 11.3 Å². The van der Waals surface area contributed by atoms with Gasteiger partial charge in [-0.3, -0.25) is 0 Å². The predicted molar refractivity (Wildman–Crippen MR) is 195 cm³/mol. The molecule has 1 unspecified atom stereocenters. The van der Waals surface area contributed by atoms with Crippen LogP contribution in [0.15, 0.2) is 64.4 Å². The number of nitrogens with zero attached hydrogens (tertiary/aromatic N) is 1. The van der Waals surface area contributed by atoms with E-state index < -0.39 is 0 Å². The van der Waals surface area contributed by atoms with E-state index in [2.05, 4.69) is 135 Å². The number of para-hydroxylation sites is 2. The van der Waals surface area contributed by atoms with E-state index in [1.807, 2.05) is 6.07 Å². The predicted octanol–water partition coefficient (Wildman–Crippen LogP) is 12.9. The van der Waals surface area contributed by atoms with Crippen LogP contribution in [-0.4, -0.2) is 4.98 Å². The Balaban J connectivity index is 1.80. The molecule has 1 atom stereocenters. The van der Waals surface area contributed by atoms with Crippen molar-refractivity contribution in [2.45, 2.75) is 118 Å². The zero-order valence-electron chi connectivity index (χ0n) is 29.2. The molecule has 0 radical (unpaired) electrons. The number of nitrogens with one attached hydrogen (secondary N) is 1. The highest BCUT2D eigenvalue weighted by Gasteiger charge is 2.30. The molecule has 0 amide bonds. The van der Waals surface area contributed by atoms with Crippen LogP contribution in [0.5, 0.6) is 0 Å². The van der Waals surface area contributed by atoms with Crippen molar-refractivity contribution in [1.82, 2.24) is 4.98 Å². The Hall–Kier alpha value is -3.37. The molecule has 0 spiro atoms. The zero-order valence-corrected chi connectivity index (χ0v) is 30.0. The highest BCUT2D eigenvalue weighted by atomic mass is 32.1. The molecule has 0 saturated carbocycles. The third-order valence-electron chi connectivity index (χ3n) is 9.14. The summed E-state index contributed by atoms with van der Waals surface area (Å²) < 4.78 is 6.32. The first-order valence-corrected chi connectivity index (χ1v) is 17.8. The van der Waals surface area contributed by atoms with Crippen LogP contribution in [0, 0.1) is 0 Å². The Morgan fingerprint density at radius 3 is 1.82 bits per heavy atom. The van der Waals surface area contributed by atoms with Crippen molar-refractivity contribution in [3.63, 3.8) is 0 Å². The van der Waals surface area contributed by atoms with Gasteiger partial charge in [-0.2, -0.15) is 0 Å². The molecule has 5 aromatic rings. The minimum absolute atomic E-state index is 0.0968. The molecule has 0 saturated heterocycles. The molecule has 0 fully saturated rings. The molecule has 5 rings (SSSR count). The number of rotatable bonds is 11. The molecule has 238 valence electrons. The highest BCUT2D eigenvalue weighted by Crippen LogP contribution is 2.44. The lowest BCUT2D eigenvalue weighted by Gasteiger charge is -2.31. The van der Waals surface area contributed by atoms with Crippen molar-refractivity contribution in [2.75, 3.05) is 5.32 Å². The fraction of sp³-hybridized carbons (Fsp3) is 0.439. The van der Waals surface area contributed by atoms with E-state index in [-0.39, 0.29) is 6.04 Å². The summed E-state index contributed by atoms with van der Waals surface area (Å²) in [4.78, 5) is 5.49. The van der Waals surface area contributed by atoms with Crippen LogP contribution in [0.25, 0.3) is 22.2 Å². The molecule has 0 bridgehead atoms. The number of hydrogen-bond donors (Lipinski definition) is 1. The van der Waals surface area contributed by atoms with Crippen molar-refractivity contribution in [3.05, 3.63) is 104 Å². The summed E-state index contributed by atoms with van der Waals surface area (Å²) in [7, 11) is 0. The van der Waals surface area contributed by atoms with Gasteiger partial charge in [0, 0.05) is 22.9 Å². The number of hydrogen-bond acceptors (Lipinski definition) is 4. The first-order chi connectivity index (χ1) is 21.4. The third-order valence-corrected chi connectivity index (χ3v) is 10.1. The number of fused-ring (bicyclic) bond motifs is 1. The maximum absolute atomic E-state index is 6.32. The quantitative estimate of drug-likeness (QED) is 0.160. The number of thiazole rings is 1. The van der Waals surface area contributed by atoms with Gasteiger partial charge in [-0.1, -0.05) is 125 Å². The van der Waals surface area contributed by atoms with Gasteiger partial charge in [-0.25, -0.2) is 4.98 Å². The summed E-state index contributed by atoms with van der Waals surface area (Å²) in [6.07, 6.45) is 0.823. The molecular weight excluding hydrogens is 569 g/mol. The van der Waals surface area contributed by atoms with Crippen LogP contribution in [0.1, 0.15) is 156 Å². The van der Waals surface area contributed by atoms with Gasteiger partial charge in [0.25, 0.3) is 0 Å². The minimum atomic E-state index is -0.0968. The van der Waals surface area contributed by atoms with Crippen LogP contribution in [0.2, 0.25) is 0 Å². The SMILES string of the molecule is CCc1oc2ccccc2c1-c1csc(C(Nc2c(C(C)C)cccc2C(C)C)c2c(C(C)C)cc(C(C)C)cc2C(C)C)n1. The Bertz CT molecular complexity index is 1710. The monoisotopic (exact) mass is 620 g/mol. The van der Waals surface area contributed by atoms with Crippen LogP contribution in [0.3, 0.4) is 0 Å². The summed E-state index contributed by atoms with van der Waals surface area (Å²) in [6.45, 7) is 25.3. The maximum Gasteiger partial charge on any atom is 0.134 e. The average molecular weight is 621 g/mol. The smallest absolute Gasteiger partial charge is 0.134 e. The molecule has 3 nitrogen and oxygen atoms in total. The van der Waals surface area contributed by atoms with Crippen molar-refractivity contribution in [2.24, 2.45) is 0 Å². The Morgan fingerprint density at radius 2 is 1.29 bits per heavy atom. The third kappa shape index (κ3) is 6.49. The van der Waals surface area contributed by atoms with Gasteiger partial charge in [0.05, 0.1) is 11.3 Å². The van der Waals surface area contributed by atoms with E-state index in [0.717, 1.165) is 39.4 Å². The summed E-state index contributed by atoms with van der Waals surface area (Å²) in [6, 6.07) is 20.0. The summed E-state index contributed by atoms with van der Waals surface area (Å²) in [5, 5.41) is 8.66. The lowest BCUT2D eigenvalue weighted by atomic mass is 9.81. The summed E-state index contributed by atoms with van der Waals surface area (Å²) in [5.74, 6) is 2.98. The standard InChI is InChI=1S/C41H52N2OS/c1-12-35-38(31-16-13-14-19-36(31)44-35)34-22-45-41(42-34)40(43-39-29(24(4)5)17-15-18-30(39)25(6)7)37-32(26(8)9)20-28(23(2)3)21-33(37)27(10)11/h13-27,40,43H,12H2,1-11H3. The normalized spacial score (nSPS) is 12.9. The molecule has 2 heterocycles. The van der Waals surface area contributed by atoms with Gasteiger partial charge in [0.2, 0.25) is 0 Å². The van der Waals surface area contributed by atoms with E-state index in [1.54, 1.807) is 11.3 Å². The van der Waals surface area contributed by atoms with Gasteiger partial charge >= 0.3 is 0 Å². The Kier molecular flexibility index (Phi) is 9.94. The Labute approximate surface area is 275 Å². The summed E-state index contributed by atoms with van der Waals surface area (Å²) in [5.41, 5.74) is 12.6. The van der Waals surface area contributed by atoms with Gasteiger partial charge in [-0.15, -0.1) is 11.3 Å². The molecule has 0 aliphatic carbocycles. The van der Waals surface area contributed by atoms with Crippen LogP contribution in [0.4, 0.5) is 5.69 Å². The first-order valence-electron chi connectivity index (χ1n) is 17.0. The minimum Gasteiger partial charge on any atom is -0.460 e. The molecule has 0 aliphatic heterocycles. The second-order valence-electron chi connectivity index (χ2n) is 14.1. The van der Waals surface area contributed by atoms with E-state index in [0.29, 0.717) is 29.6 Å². The maximum atomic E-state index is 6.32. The van der Waals surface area contributed by atoms with Gasteiger partial charge in [-0.05, 0) is 69.0 Å². The van der Waals surface area contributed by atoms with Crippen LogP contribution < -0.4 is 5.32 Å². The van der Waals surface area contributed by atoms with Crippen molar-refractivity contribution < 1.29 is 4.42 Å². The van der Waals surface area contributed by atoms with E-state index in [1.165, 1.54) is 39.1 Å². The number of aromatic nitrogens is 1. The zero-order chi connectivity index (χ0) is 32.6. The first kappa shape index (κ1) is 33.0. The molecule has 0 aliphatic rings. The molecule has 2 aromatic heterocycles. The fourth-order valence-corrected chi connectivity index (χ4v) is 7.49. The number of furan rings is 1. The van der Waals surface area contributed by atoms with Crippen molar-refractivity contribution in [1.29, 1.82) is 0 Å². The van der Waals surface area contributed by atoms with Crippen LogP contribution >= 0.6 is 11.3 Å². The number of benzene rings is 3. The van der Waals surface area contributed by atoms with E-state index in [9.17, 15) is 0 Å². The number of aryl methyl sites for hydroxylation is 1. The average Bonchev–Trinajstić information content (AvgIpc) is 3.63. The molecule has 1 N–H and O–H groups in total. The largest absolute Gasteiger partial charge is 0.460 e. The molecule has 4 heteroatoms. The van der Waals surface area contributed by atoms with Gasteiger partial charge in [0.1, 0.15) is 22.4 Å². The lowest BCUT2D eigenvalue weighted by Crippen LogP contribution is -2.20. The fourth-order valence-electron chi connectivity index (χ4n) is 6.63. The molecule has 45 heavy (non-hydrogen) atoms. The lowest BCUT2D eigenvalue weighted by molar-refractivity contribution is 0.558. The van der Waals surface area contributed by atoms with E-state index in [4.69, 9.17) is 9.40 Å². The van der Waals surface area contributed by atoms with Crippen molar-refractivity contribution >= 4 is 28.0 Å². The van der Waals surface area contributed by atoms with E-state index >= 15 is 0 Å². The second-order valence-corrected chi connectivity index (χ2v) is 15.0. The second kappa shape index (κ2) is 13.5. The van der Waals surface area contributed by atoms with Crippen LogP contribution in [-0.2, 0) is 6.42 Å². The topological polar surface area (TPSA) is 38.1 Å². The van der Waals surface area contributed by atoms with Gasteiger partial charge < -0.3 is 9.73 Å². The number of anilines is 1. The molecule has 3 aromatic carbocycles. The molecular formula is C41H52N2OS.